The predicted molar refractivity (Wildman–Crippen MR) is 30.9 cm³/mol. The smallest absolute Gasteiger partial charge is 0.335 e. The minimum absolute atomic E-state index is 0. The van der Waals surface area contributed by atoms with Gasteiger partial charge in [-0.3, -0.25) is 0 Å². The molecule has 6 N–H and O–H groups in total. The topological polar surface area (TPSA) is 147 Å². The quantitative estimate of drug-likeness (QED) is 0.354. The molecule has 0 rings (SSSR count). The number of hydrogen-bond acceptors (Lipinski definition) is 4. The summed E-state index contributed by atoms with van der Waals surface area (Å²) in [5.74, 6) is -3.54. The van der Waals surface area contributed by atoms with Gasteiger partial charge in [-0.25, -0.2) is 9.59 Å². The zero-order chi connectivity index (χ0) is 8.31. The van der Waals surface area contributed by atoms with Crippen LogP contribution in [0.5, 0.6) is 0 Å². The van der Waals surface area contributed by atoms with Gasteiger partial charge in [-0.05, 0) is 0 Å². The summed E-state index contributed by atoms with van der Waals surface area (Å²) >= 11 is 0. The first-order chi connectivity index (χ1) is 4.46. The number of aliphatic hydroxyl groups excluding tert-OH is 2. The lowest BCUT2D eigenvalue weighted by molar-refractivity contribution is -0.165. The van der Waals surface area contributed by atoms with Crippen LogP contribution in [0.1, 0.15) is 0 Å². The van der Waals surface area contributed by atoms with Crippen molar-refractivity contribution in [2.75, 3.05) is 0 Å². The van der Waals surface area contributed by atoms with Crippen molar-refractivity contribution in [3.05, 3.63) is 0 Å². The molecule has 0 aromatic rings. The van der Waals surface area contributed by atoms with Gasteiger partial charge in [0.1, 0.15) is 0 Å². The third kappa shape index (κ3) is 3.50. The second-order valence-electron chi connectivity index (χ2n) is 1.57. The largest absolute Gasteiger partial charge is 0.479 e. The fourth-order valence-electron chi connectivity index (χ4n) is 0.270. The molecule has 0 amide bonds. The van der Waals surface area contributed by atoms with Crippen molar-refractivity contribution >= 4 is 11.9 Å². The Hall–Kier alpha value is -1.18. The SMILES string of the molecule is O.O=C(O)[C@@H](O)[C@@H](O)C(=O)O. The van der Waals surface area contributed by atoms with E-state index < -0.39 is 24.1 Å². The number of aliphatic carboxylic acids is 2. The number of rotatable bonds is 3. The number of hydrogen-bond donors (Lipinski definition) is 4. The molecule has 7 heteroatoms. The summed E-state index contributed by atoms with van der Waals surface area (Å²) in [7, 11) is 0. The van der Waals surface area contributed by atoms with Crippen molar-refractivity contribution < 1.29 is 35.5 Å². The lowest BCUT2D eigenvalue weighted by Gasteiger charge is -2.07. The third-order valence-electron chi connectivity index (χ3n) is 0.805. The Labute approximate surface area is 60.8 Å². The molecule has 0 aliphatic heterocycles. The van der Waals surface area contributed by atoms with Crippen LogP contribution in [0, 0.1) is 0 Å². The standard InChI is InChI=1S/C4H6O6.H2O/c5-1(3(7)8)2(6)4(9)10;/h1-2,5-6H,(H,7,8)(H,9,10);1H2/t1-,2+;. The summed E-state index contributed by atoms with van der Waals surface area (Å²) in [6.45, 7) is 0. The van der Waals surface area contributed by atoms with Crippen molar-refractivity contribution in [1.82, 2.24) is 0 Å². The lowest BCUT2D eigenvalue weighted by Crippen LogP contribution is -2.39. The Morgan fingerprint density at radius 1 is 0.909 bits per heavy atom. The van der Waals surface area contributed by atoms with E-state index in [4.69, 9.17) is 20.4 Å². The van der Waals surface area contributed by atoms with Gasteiger partial charge < -0.3 is 25.9 Å². The van der Waals surface area contributed by atoms with Crippen molar-refractivity contribution in [2.45, 2.75) is 12.2 Å². The minimum Gasteiger partial charge on any atom is -0.479 e. The predicted octanol–water partition coefficient (Wildman–Crippen LogP) is -2.95. The van der Waals surface area contributed by atoms with E-state index in [1.165, 1.54) is 0 Å². The summed E-state index contributed by atoms with van der Waals surface area (Å²) < 4.78 is 0. The zero-order valence-electron chi connectivity index (χ0n) is 5.26. The fourth-order valence-corrected chi connectivity index (χ4v) is 0.270. The molecule has 0 spiro atoms. The first kappa shape index (κ1) is 12.5. The molecule has 11 heavy (non-hydrogen) atoms. The number of carboxylic acid groups (broad SMARTS) is 2. The molecule has 0 aliphatic rings. The van der Waals surface area contributed by atoms with Crippen LogP contribution in [0.3, 0.4) is 0 Å². The molecule has 0 saturated carbocycles. The molecule has 0 bridgehead atoms. The highest BCUT2D eigenvalue weighted by Crippen LogP contribution is 1.92. The van der Waals surface area contributed by atoms with E-state index in [0.717, 1.165) is 0 Å². The fraction of sp³-hybridized carbons (Fsp3) is 0.500. The van der Waals surface area contributed by atoms with Gasteiger partial charge in [0.05, 0.1) is 0 Å². The maximum Gasteiger partial charge on any atom is 0.335 e. The molecule has 0 saturated heterocycles. The van der Waals surface area contributed by atoms with Crippen LogP contribution >= 0.6 is 0 Å². The molecule has 0 aromatic carbocycles. The van der Waals surface area contributed by atoms with Crippen LogP contribution in [0.15, 0.2) is 0 Å². The van der Waals surface area contributed by atoms with Crippen molar-refractivity contribution in [1.29, 1.82) is 0 Å². The minimum atomic E-state index is -2.27. The summed E-state index contributed by atoms with van der Waals surface area (Å²) in [5, 5.41) is 32.5. The first-order valence-corrected chi connectivity index (χ1v) is 2.28. The molecule has 66 valence electrons. The van der Waals surface area contributed by atoms with Gasteiger partial charge in [-0.1, -0.05) is 0 Å². The van der Waals surface area contributed by atoms with E-state index in [1.54, 1.807) is 0 Å². The number of carboxylic acids is 2. The van der Waals surface area contributed by atoms with Gasteiger partial charge in [0.15, 0.2) is 12.2 Å². The molecule has 7 nitrogen and oxygen atoms in total. The number of carbonyl (C=O) groups is 2. The van der Waals surface area contributed by atoms with E-state index in [0.29, 0.717) is 0 Å². The Morgan fingerprint density at radius 2 is 1.09 bits per heavy atom. The maximum atomic E-state index is 9.77. The van der Waals surface area contributed by atoms with Gasteiger partial charge >= 0.3 is 11.9 Å². The van der Waals surface area contributed by atoms with Crippen molar-refractivity contribution in [3.63, 3.8) is 0 Å². The number of aliphatic hydroxyl groups is 2. The Morgan fingerprint density at radius 3 is 1.18 bits per heavy atom. The van der Waals surface area contributed by atoms with Crippen molar-refractivity contribution in [2.24, 2.45) is 0 Å². The molecular weight excluding hydrogens is 160 g/mol. The van der Waals surface area contributed by atoms with E-state index in [2.05, 4.69) is 0 Å². The van der Waals surface area contributed by atoms with Gasteiger partial charge in [0.25, 0.3) is 0 Å². The van der Waals surface area contributed by atoms with Gasteiger partial charge in [-0.15, -0.1) is 0 Å². The highest BCUT2D eigenvalue weighted by atomic mass is 16.4. The summed E-state index contributed by atoms with van der Waals surface area (Å²) in [6.07, 6.45) is -4.53. The average Bonchev–Trinajstić information content (AvgIpc) is 1.84. The summed E-state index contributed by atoms with van der Waals surface area (Å²) in [6, 6.07) is 0. The molecule has 0 fully saturated rings. The maximum absolute atomic E-state index is 9.77. The van der Waals surface area contributed by atoms with Crippen LogP contribution in [0.2, 0.25) is 0 Å². The highest BCUT2D eigenvalue weighted by molar-refractivity contribution is 5.82. The van der Waals surface area contributed by atoms with Crippen LogP contribution in [0.25, 0.3) is 0 Å². The normalized spacial score (nSPS) is 14.4. The summed E-state index contributed by atoms with van der Waals surface area (Å²) in [4.78, 5) is 19.5. The zero-order valence-corrected chi connectivity index (χ0v) is 5.26. The molecule has 0 radical (unpaired) electrons. The lowest BCUT2D eigenvalue weighted by atomic mass is 10.2. The van der Waals surface area contributed by atoms with Gasteiger partial charge in [0, 0.05) is 0 Å². The third-order valence-corrected chi connectivity index (χ3v) is 0.805. The average molecular weight is 168 g/mol. The Bertz CT molecular complexity index is 135. The molecule has 0 unspecified atom stereocenters. The monoisotopic (exact) mass is 168 g/mol. The first-order valence-electron chi connectivity index (χ1n) is 2.28. The molecular formula is C4H8O7. The van der Waals surface area contributed by atoms with E-state index in [1.807, 2.05) is 0 Å². The van der Waals surface area contributed by atoms with Crippen LogP contribution < -0.4 is 0 Å². The molecule has 0 aromatic heterocycles. The second-order valence-corrected chi connectivity index (χ2v) is 1.57. The van der Waals surface area contributed by atoms with E-state index in [9.17, 15) is 9.59 Å². The van der Waals surface area contributed by atoms with Gasteiger partial charge in [-0.2, -0.15) is 0 Å². The van der Waals surface area contributed by atoms with E-state index in [-0.39, 0.29) is 5.48 Å². The molecule has 0 aliphatic carbocycles. The highest BCUT2D eigenvalue weighted by Gasteiger charge is 2.29. The Balaban J connectivity index is 0. The van der Waals surface area contributed by atoms with Gasteiger partial charge in [0.2, 0.25) is 0 Å². The summed E-state index contributed by atoms with van der Waals surface area (Å²) in [5.41, 5.74) is 0. The van der Waals surface area contributed by atoms with Crippen LogP contribution in [0.4, 0.5) is 0 Å². The van der Waals surface area contributed by atoms with E-state index >= 15 is 0 Å². The van der Waals surface area contributed by atoms with Crippen molar-refractivity contribution in [3.8, 4) is 0 Å². The van der Waals surface area contributed by atoms with Crippen LogP contribution in [-0.2, 0) is 9.59 Å². The second kappa shape index (κ2) is 4.61. The molecule has 2 atom stereocenters. The van der Waals surface area contributed by atoms with Crippen LogP contribution in [-0.4, -0.2) is 50.0 Å². The molecule has 0 heterocycles. The Kier molecular flexibility index (Phi) is 5.23.